The van der Waals surface area contributed by atoms with E-state index < -0.39 is 0 Å². The summed E-state index contributed by atoms with van der Waals surface area (Å²) in [6, 6.07) is 7.44. The summed E-state index contributed by atoms with van der Waals surface area (Å²) in [7, 11) is 4.70. The highest BCUT2D eigenvalue weighted by molar-refractivity contribution is 5.79. The normalized spacial score (nSPS) is 14.1. The predicted octanol–water partition coefficient (Wildman–Crippen LogP) is 1.62. The Hall–Kier alpha value is -3.89. The fourth-order valence-electron chi connectivity index (χ4n) is 3.88. The summed E-state index contributed by atoms with van der Waals surface area (Å²) in [4.78, 5) is 18.8. The molecule has 1 saturated heterocycles. The molecule has 11 heteroatoms. The van der Waals surface area contributed by atoms with Gasteiger partial charge in [-0.25, -0.2) is 9.67 Å². The fourth-order valence-corrected chi connectivity index (χ4v) is 3.88. The van der Waals surface area contributed by atoms with E-state index in [1.165, 1.54) is 6.33 Å². The van der Waals surface area contributed by atoms with Gasteiger partial charge in [-0.1, -0.05) is 0 Å². The molecule has 2 aromatic heterocycles. The zero-order valence-electron chi connectivity index (χ0n) is 18.9. The van der Waals surface area contributed by atoms with Gasteiger partial charge in [0.1, 0.15) is 12.7 Å². The van der Waals surface area contributed by atoms with Crippen LogP contribution in [0, 0.1) is 5.92 Å². The largest absolute Gasteiger partial charge is 0.493 e. The van der Waals surface area contributed by atoms with Gasteiger partial charge in [-0.3, -0.25) is 4.79 Å². The molecule has 0 unspecified atom stereocenters. The van der Waals surface area contributed by atoms with Gasteiger partial charge in [0, 0.05) is 25.6 Å². The monoisotopic (exact) mass is 453 g/mol. The maximum atomic E-state index is 12.8. The van der Waals surface area contributed by atoms with Gasteiger partial charge in [0.2, 0.25) is 11.7 Å². The van der Waals surface area contributed by atoms with E-state index in [1.54, 1.807) is 32.3 Å². The van der Waals surface area contributed by atoms with Crippen LogP contribution in [0.2, 0.25) is 0 Å². The molecule has 0 spiro atoms. The van der Waals surface area contributed by atoms with Crippen LogP contribution in [0.3, 0.4) is 0 Å². The van der Waals surface area contributed by atoms with Crippen molar-refractivity contribution in [1.82, 2.24) is 30.3 Å². The van der Waals surface area contributed by atoms with Crippen LogP contribution in [0.1, 0.15) is 18.4 Å². The number of methoxy groups -OCH3 is 3. The maximum absolute atomic E-state index is 12.8. The Morgan fingerprint density at radius 2 is 1.70 bits per heavy atom. The number of aromatic nitrogens is 5. The van der Waals surface area contributed by atoms with Crippen LogP contribution in [0.15, 0.2) is 36.9 Å². The molecule has 1 aromatic carbocycles. The van der Waals surface area contributed by atoms with Crippen molar-refractivity contribution >= 4 is 11.7 Å². The van der Waals surface area contributed by atoms with Gasteiger partial charge in [0.05, 0.1) is 21.3 Å². The minimum atomic E-state index is -0.0503. The molecule has 3 heterocycles. The molecule has 0 aliphatic carbocycles. The Balaban J connectivity index is 1.31. The van der Waals surface area contributed by atoms with E-state index in [1.807, 2.05) is 24.3 Å². The number of carbonyl (C=O) groups is 1. The molecule has 11 nitrogen and oxygen atoms in total. The molecule has 1 aliphatic rings. The van der Waals surface area contributed by atoms with Crippen molar-refractivity contribution in [3.63, 3.8) is 0 Å². The third-order valence-electron chi connectivity index (χ3n) is 5.67. The number of hydrogen-bond acceptors (Lipinski definition) is 9. The summed E-state index contributed by atoms with van der Waals surface area (Å²) in [5.41, 5.74) is 0.873. The molecule has 3 aromatic rings. The molecular weight excluding hydrogens is 426 g/mol. The van der Waals surface area contributed by atoms with Crippen LogP contribution in [0.25, 0.3) is 5.82 Å². The summed E-state index contributed by atoms with van der Waals surface area (Å²) in [6.07, 6.45) is 4.51. The first-order valence-corrected chi connectivity index (χ1v) is 10.6. The van der Waals surface area contributed by atoms with Crippen molar-refractivity contribution < 1.29 is 19.0 Å². The Kier molecular flexibility index (Phi) is 6.86. The van der Waals surface area contributed by atoms with Crippen molar-refractivity contribution in [2.45, 2.75) is 19.4 Å². The molecule has 1 fully saturated rings. The molecule has 1 N–H and O–H groups in total. The first kappa shape index (κ1) is 22.3. The van der Waals surface area contributed by atoms with Crippen LogP contribution in [0.4, 0.5) is 5.82 Å². The smallest absolute Gasteiger partial charge is 0.223 e. The third-order valence-corrected chi connectivity index (χ3v) is 5.67. The average molecular weight is 454 g/mol. The fraction of sp³-hybridized carbons (Fsp3) is 0.409. The Bertz CT molecular complexity index is 1040. The van der Waals surface area contributed by atoms with Crippen LogP contribution in [0.5, 0.6) is 17.2 Å². The summed E-state index contributed by atoms with van der Waals surface area (Å²) in [6.45, 7) is 1.85. The van der Waals surface area contributed by atoms with E-state index in [-0.39, 0.29) is 11.8 Å². The Labute approximate surface area is 191 Å². The number of piperidine rings is 1. The van der Waals surface area contributed by atoms with Gasteiger partial charge in [0.15, 0.2) is 23.1 Å². The number of anilines is 1. The molecule has 0 radical (unpaired) electrons. The van der Waals surface area contributed by atoms with Crippen molar-refractivity contribution in [2.24, 2.45) is 5.92 Å². The van der Waals surface area contributed by atoms with E-state index in [4.69, 9.17) is 14.2 Å². The molecular formula is C22H27N7O4. The van der Waals surface area contributed by atoms with E-state index in [0.717, 1.165) is 37.3 Å². The van der Waals surface area contributed by atoms with Crippen molar-refractivity contribution in [2.75, 3.05) is 39.3 Å². The molecule has 4 rings (SSSR count). The molecule has 0 bridgehead atoms. The summed E-state index contributed by atoms with van der Waals surface area (Å²) in [5.74, 6) is 3.03. The quantitative estimate of drug-likeness (QED) is 0.543. The number of hydrogen-bond donors (Lipinski definition) is 1. The molecule has 1 amide bonds. The lowest BCUT2D eigenvalue weighted by atomic mass is 9.96. The van der Waals surface area contributed by atoms with E-state index in [2.05, 4.69) is 30.5 Å². The second-order valence-electron chi connectivity index (χ2n) is 7.60. The Morgan fingerprint density at radius 1 is 1.03 bits per heavy atom. The van der Waals surface area contributed by atoms with Crippen LogP contribution >= 0.6 is 0 Å². The standard InChI is InChI=1S/C22H27N7O4/c1-31-17-10-15(11-18(32-2)21(17)33-3)12-24-22(30)16-6-8-28(9-7-16)19-4-5-20(27-26-19)29-14-23-13-25-29/h4-5,10-11,13-14,16H,6-9,12H2,1-3H3,(H,24,30). The second-order valence-corrected chi connectivity index (χ2v) is 7.60. The van der Waals surface area contributed by atoms with Gasteiger partial charge in [-0.15, -0.1) is 10.2 Å². The lowest BCUT2D eigenvalue weighted by molar-refractivity contribution is -0.125. The number of benzene rings is 1. The lowest BCUT2D eigenvalue weighted by Crippen LogP contribution is -2.40. The highest BCUT2D eigenvalue weighted by Crippen LogP contribution is 2.38. The van der Waals surface area contributed by atoms with Crippen molar-refractivity contribution in [3.05, 3.63) is 42.5 Å². The SMILES string of the molecule is COc1cc(CNC(=O)C2CCN(c3ccc(-n4cncn4)nn3)CC2)cc(OC)c1OC. The maximum Gasteiger partial charge on any atom is 0.223 e. The third kappa shape index (κ3) is 4.97. The zero-order chi connectivity index (χ0) is 23.2. The number of carbonyl (C=O) groups excluding carboxylic acids is 1. The molecule has 0 atom stereocenters. The highest BCUT2D eigenvalue weighted by Gasteiger charge is 2.26. The van der Waals surface area contributed by atoms with Gasteiger partial charge in [-0.2, -0.15) is 5.10 Å². The number of ether oxygens (including phenoxy) is 3. The number of amides is 1. The summed E-state index contributed by atoms with van der Waals surface area (Å²) in [5, 5.41) is 15.6. The highest BCUT2D eigenvalue weighted by atomic mass is 16.5. The molecule has 174 valence electrons. The van der Waals surface area contributed by atoms with Crippen LogP contribution in [-0.4, -0.2) is 65.3 Å². The van der Waals surface area contributed by atoms with Crippen molar-refractivity contribution in [1.29, 1.82) is 0 Å². The van der Waals surface area contributed by atoms with E-state index in [9.17, 15) is 4.79 Å². The minimum Gasteiger partial charge on any atom is -0.493 e. The minimum absolute atomic E-state index is 0.0380. The van der Waals surface area contributed by atoms with Crippen molar-refractivity contribution in [3.8, 4) is 23.1 Å². The predicted molar refractivity (Wildman–Crippen MR) is 120 cm³/mol. The first-order chi connectivity index (χ1) is 16.1. The zero-order valence-corrected chi connectivity index (χ0v) is 18.9. The summed E-state index contributed by atoms with van der Waals surface area (Å²) >= 11 is 0. The number of rotatable bonds is 8. The van der Waals surface area contributed by atoms with E-state index in [0.29, 0.717) is 29.6 Å². The van der Waals surface area contributed by atoms with E-state index >= 15 is 0 Å². The molecule has 33 heavy (non-hydrogen) atoms. The topological polar surface area (TPSA) is 117 Å². The first-order valence-electron chi connectivity index (χ1n) is 10.6. The lowest BCUT2D eigenvalue weighted by Gasteiger charge is -2.31. The Morgan fingerprint density at radius 3 is 2.24 bits per heavy atom. The molecule has 0 saturated carbocycles. The average Bonchev–Trinajstić information content (AvgIpc) is 3.42. The van der Waals surface area contributed by atoms with Gasteiger partial charge in [-0.05, 0) is 42.7 Å². The second kappa shape index (κ2) is 10.2. The van der Waals surface area contributed by atoms with Crippen LogP contribution < -0.4 is 24.4 Å². The number of nitrogens with zero attached hydrogens (tertiary/aromatic N) is 6. The summed E-state index contributed by atoms with van der Waals surface area (Å²) < 4.78 is 17.7. The van der Waals surface area contributed by atoms with Gasteiger partial charge in [0.25, 0.3) is 0 Å². The molecule has 1 aliphatic heterocycles. The van der Waals surface area contributed by atoms with Crippen LogP contribution in [-0.2, 0) is 11.3 Å². The van der Waals surface area contributed by atoms with Gasteiger partial charge >= 0.3 is 0 Å². The number of nitrogens with one attached hydrogen (secondary N) is 1. The van der Waals surface area contributed by atoms with Gasteiger partial charge < -0.3 is 24.4 Å².